The fourth-order valence-electron chi connectivity index (χ4n) is 1.94. The lowest BCUT2D eigenvalue weighted by atomic mass is 10.0. The number of carbonyl (C=O) groups is 2. The predicted octanol–water partition coefficient (Wildman–Crippen LogP) is 0.0136. The molecular formula is C13H22N2O10P2. The quantitative estimate of drug-likeness (QED) is 0.253. The molecule has 1 aromatic rings. The van der Waals surface area contributed by atoms with E-state index in [2.05, 4.69) is 5.43 Å². The van der Waals surface area contributed by atoms with Crippen LogP contribution in [0.3, 0.4) is 0 Å². The number of anilines is 1. The average Bonchev–Trinajstić information content (AvgIpc) is 2.78. The van der Waals surface area contributed by atoms with Crippen LogP contribution in [0.15, 0.2) is 30.3 Å². The summed E-state index contributed by atoms with van der Waals surface area (Å²) >= 11 is 0. The van der Waals surface area contributed by atoms with Gasteiger partial charge in [-0.15, -0.1) is 0 Å². The largest absolute Gasteiger partial charge is 0.466 e. The molecule has 2 amide bonds. The number of hydrogen-bond donors (Lipinski definition) is 7. The lowest BCUT2D eigenvalue weighted by Crippen LogP contribution is -2.35. The van der Waals surface area contributed by atoms with E-state index >= 15 is 0 Å². The summed E-state index contributed by atoms with van der Waals surface area (Å²) in [6, 6.07) is 9.17. The van der Waals surface area contributed by atoms with Crippen molar-refractivity contribution in [3.8, 4) is 0 Å². The van der Waals surface area contributed by atoms with Crippen molar-refractivity contribution in [1.82, 2.24) is 5.43 Å². The minimum absolute atomic E-state index is 0.144. The zero-order valence-corrected chi connectivity index (χ0v) is 16.0. The molecule has 1 aliphatic rings. The highest BCUT2D eigenvalue weighted by atomic mass is 31.2. The SMILES string of the molecule is CCCCC1C(=O)NN(c2ccccc2)C1=O.O=P(O)(O)O.O=P(O)(O)O. The van der Waals surface area contributed by atoms with Crippen molar-refractivity contribution in [2.75, 3.05) is 5.01 Å². The summed E-state index contributed by atoms with van der Waals surface area (Å²) in [5, 5.41) is 1.35. The third kappa shape index (κ3) is 13.2. The van der Waals surface area contributed by atoms with E-state index in [-0.39, 0.29) is 11.8 Å². The van der Waals surface area contributed by atoms with E-state index in [1.54, 1.807) is 12.1 Å². The number of unbranched alkanes of at least 4 members (excludes halogenated alkanes) is 1. The van der Waals surface area contributed by atoms with E-state index in [0.29, 0.717) is 12.1 Å². The summed E-state index contributed by atoms with van der Waals surface area (Å²) in [5.74, 6) is -0.850. The Hall–Kier alpha value is -1.62. The number of hydrogen-bond acceptors (Lipinski definition) is 4. The van der Waals surface area contributed by atoms with Crippen LogP contribution in [0, 0.1) is 5.92 Å². The van der Waals surface area contributed by atoms with Crippen molar-refractivity contribution in [1.29, 1.82) is 0 Å². The van der Waals surface area contributed by atoms with Crippen LogP contribution in [0.4, 0.5) is 5.69 Å². The molecule has 0 aromatic heterocycles. The predicted molar refractivity (Wildman–Crippen MR) is 93.6 cm³/mol. The topological polar surface area (TPSA) is 205 Å². The Labute approximate surface area is 154 Å². The third-order valence-corrected chi connectivity index (χ3v) is 2.92. The molecule has 0 saturated carbocycles. The summed E-state index contributed by atoms with van der Waals surface area (Å²) in [6.07, 6.45) is 2.51. The Kier molecular flexibility index (Phi) is 10.6. The van der Waals surface area contributed by atoms with Gasteiger partial charge >= 0.3 is 15.6 Å². The van der Waals surface area contributed by atoms with Crippen LogP contribution >= 0.6 is 15.6 Å². The molecule has 1 heterocycles. The van der Waals surface area contributed by atoms with Gasteiger partial charge in [-0.25, -0.2) is 14.1 Å². The molecular weight excluding hydrogens is 406 g/mol. The third-order valence-electron chi connectivity index (χ3n) is 2.92. The molecule has 1 saturated heterocycles. The van der Waals surface area contributed by atoms with Crippen LogP contribution < -0.4 is 10.4 Å². The van der Waals surface area contributed by atoms with Crippen LogP contribution in [0.5, 0.6) is 0 Å². The maximum atomic E-state index is 12.1. The smallest absolute Gasteiger partial charge is 0.303 e. The van der Waals surface area contributed by atoms with Gasteiger partial charge in [-0.3, -0.25) is 15.0 Å². The Bertz CT molecular complexity index is 666. The molecule has 1 fully saturated rings. The molecule has 1 atom stereocenters. The van der Waals surface area contributed by atoms with E-state index in [9.17, 15) is 9.59 Å². The zero-order valence-electron chi connectivity index (χ0n) is 14.2. The second kappa shape index (κ2) is 11.3. The highest BCUT2D eigenvalue weighted by Crippen LogP contribution is 2.26. The van der Waals surface area contributed by atoms with Gasteiger partial charge in [0.15, 0.2) is 0 Å². The number of benzene rings is 1. The van der Waals surface area contributed by atoms with E-state index < -0.39 is 21.6 Å². The lowest BCUT2D eigenvalue weighted by molar-refractivity contribution is -0.127. The number of para-hydroxylation sites is 1. The lowest BCUT2D eigenvalue weighted by Gasteiger charge is -2.14. The maximum Gasteiger partial charge on any atom is 0.466 e. The summed E-state index contributed by atoms with van der Waals surface area (Å²) in [6.45, 7) is 2.05. The van der Waals surface area contributed by atoms with Gasteiger partial charge in [0.2, 0.25) is 0 Å². The minimum Gasteiger partial charge on any atom is -0.303 e. The first-order chi connectivity index (χ1) is 12.2. The molecule has 0 spiro atoms. The number of rotatable bonds is 4. The first-order valence-corrected chi connectivity index (χ1v) is 10.6. The van der Waals surface area contributed by atoms with Crippen molar-refractivity contribution < 1.29 is 48.1 Å². The summed E-state index contributed by atoms with van der Waals surface area (Å²) in [5.41, 5.74) is 3.34. The molecule has 1 aliphatic heterocycles. The number of amides is 2. The molecule has 0 bridgehead atoms. The molecule has 12 nitrogen and oxygen atoms in total. The first-order valence-electron chi connectivity index (χ1n) is 7.50. The Balaban J connectivity index is 0.000000563. The molecule has 0 aliphatic carbocycles. The molecule has 7 N–H and O–H groups in total. The molecule has 2 rings (SSSR count). The van der Waals surface area contributed by atoms with E-state index in [4.69, 9.17) is 38.5 Å². The summed E-state index contributed by atoms with van der Waals surface area (Å²) < 4.78 is 17.8. The first kappa shape index (κ1) is 25.4. The molecule has 27 heavy (non-hydrogen) atoms. The number of carbonyl (C=O) groups excluding carboxylic acids is 2. The van der Waals surface area contributed by atoms with Gasteiger partial charge in [-0.1, -0.05) is 38.0 Å². The van der Waals surface area contributed by atoms with Crippen LogP contribution in [-0.4, -0.2) is 41.2 Å². The van der Waals surface area contributed by atoms with Gasteiger partial charge in [0.25, 0.3) is 11.8 Å². The highest BCUT2D eigenvalue weighted by molar-refractivity contribution is 7.45. The van der Waals surface area contributed by atoms with E-state index in [1.165, 1.54) is 5.01 Å². The molecule has 154 valence electrons. The van der Waals surface area contributed by atoms with Crippen molar-refractivity contribution in [2.24, 2.45) is 5.92 Å². The second-order valence-corrected chi connectivity index (χ2v) is 7.26. The second-order valence-electron chi connectivity index (χ2n) is 5.21. The van der Waals surface area contributed by atoms with Gasteiger partial charge in [-0.05, 0) is 18.6 Å². The van der Waals surface area contributed by atoms with Crippen molar-refractivity contribution in [3.63, 3.8) is 0 Å². The summed E-state index contributed by atoms with van der Waals surface area (Å²) in [4.78, 5) is 66.9. The van der Waals surface area contributed by atoms with Crippen molar-refractivity contribution in [2.45, 2.75) is 26.2 Å². The Morgan fingerprint density at radius 2 is 1.41 bits per heavy atom. The molecule has 1 aromatic carbocycles. The van der Waals surface area contributed by atoms with Crippen LogP contribution in [0.1, 0.15) is 26.2 Å². The average molecular weight is 428 g/mol. The fraction of sp³-hybridized carbons (Fsp3) is 0.385. The number of hydrazine groups is 1. The van der Waals surface area contributed by atoms with Gasteiger partial charge in [0, 0.05) is 0 Å². The Morgan fingerprint density at radius 1 is 0.963 bits per heavy atom. The maximum absolute atomic E-state index is 12.1. The Morgan fingerprint density at radius 3 is 1.81 bits per heavy atom. The minimum atomic E-state index is -4.64. The van der Waals surface area contributed by atoms with Gasteiger partial charge < -0.3 is 29.4 Å². The van der Waals surface area contributed by atoms with Crippen LogP contribution in [-0.2, 0) is 18.7 Å². The summed E-state index contributed by atoms with van der Waals surface area (Å²) in [7, 11) is -9.28. The molecule has 1 unspecified atom stereocenters. The number of nitrogens with zero attached hydrogens (tertiary/aromatic N) is 1. The van der Waals surface area contributed by atoms with E-state index in [1.807, 2.05) is 25.1 Å². The van der Waals surface area contributed by atoms with E-state index in [0.717, 1.165) is 12.8 Å². The van der Waals surface area contributed by atoms with Gasteiger partial charge in [0.05, 0.1) is 5.69 Å². The highest BCUT2D eigenvalue weighted by Gasteiger charge is 2.39. The van der Waals surface area contributed by atoms with Crippen LogP contribution in [0.25, 0.3) is 0 Å². The standard InChI is InChI=1S/C13H16N2O2.2H3O4P/c1-2-3-9-11-12(16)14-15(13(11)17)10-7-5-4-6-8-10;2*1-5(2,3)4/h4-8,11H,2-3,9H2,1H3,(H,14,16);2*(H3,1,2,3,4). The van der Waals surface area contributed by atoms with Crippen molar-refractivity contribution >= 4 is 33.1 Å². The zero-order chi connectivity index (χ0) is 21.3. The number of phosphoric acid groups is 2. The fourth-order valence-corrected chi connectivity index (χ4v) is 1.94. The van der Waals surface area contributed by atoms with Gasteiger partial charge in [0.1, 0.15) is 5.92 Å². The van der Waals surface area contributed by atoms with Gasteiger partial charge in [-0.2, -0.15) is 0 Å². The van der Waals surface area contributed by atoms with Crippen LogP contribution in [0.2, 0.25) is 0 Å². The van der Waals surface area contributed by atoms with Crippen molar-refractivity contribution in [3.05, 3.63) is 30.3 Å². The molecule has 0 radical (unpaired) electrons. The monoisotopic (exact) mass is 428 g/mol. The normalized spacial score (nSPS) is 16.7. The molecule has 14 heteroatoms. The number of nitrogens with one attached hydrogen (secondary N) is 1.